The first-order chi connectivity index (χ1) is 10.0. The highest BCUT2D eigenvalue weighted by Gasteiger charge is 2.14. The average molecular weight is 340 g/mol. The second-order valence-corrected chi connectivity index (χ2v) is 6.32. The molecule has 0 aliphatic heterocycles. The molecule has 2 rings (SSSR count). The molecule has 0 heterocycles. The number of amides is 1. The van der Waals surface area contributed by atoms with Crippen LogP contribution in [0, 0.1) is 0 Å². The van der Waals surface area contributed by atoms with Gasteiger partial charge in [-0.05, 0) is 49.1 Å². The number of halogens is 2. The quantitative estimate of drug-likeness (QED) is 0.775. The summed E-state index contributed by atoms with van der Waals surface area (Å²) in [7, 11) is 0. The average Bonchev–Trinajstić information content (AvgIpc) is 2.47. The molecule has 5 heteroatoms. The van der Waals surface area contributed by atoms with Crippen LogP contribution >= 0.6 is 35.0 Å². The molecule has 0 bridgehead atoms. The van der Waals surface area contributed by atoms with Crippen LogP contribution in [0.3, 0.4) is 0 Å². The number of nitrogens with one attached hydrogen (secondary N) is 1. The Balaban J connectivity index is 2.10. The van der Waals surface area contributed by atoms with E-state index in [9.17, 15) is 4.79 Å². The van der Waals surface area contributed by atoms with E-state index in [4.69, 9.17) is 23.2 Å². The molecule has 110 valence electrons. The predicted molar refractivity (Wildman–Crippen MR) is 90.6 cm³/mol. The van der Waals surface area contributed by atoms with Gasteiger partial charge in [-0.2, -0.15) is 0 Å². The third-order valence-corrected chi connectivity index (χ3v) is 4.43. The van der Waals surface area contributed by atoms with Gasteiger partial charge >= 0.3 is 0 Å². The van der Waals surface area contributed by atoms with Gasteiger partial charge in [-0.1, -0.05) is 35.3 Å². The Labute approximate surface area is 138 Å². The van der Waals surface area contributed by atoms with Crippen LogP contribution in [0.4, 0.5) is 0 Å². The standard InChI is InChI=1S/C16H15Cl2NOS/c1-10(11-3-6-13(21-2)7-4-11)19-16(20)14-8-5-12(17)9-15(14)18/h3-10H,1-2H3,(H,19,20)/t10-/m1/s1. The third kappa shape index (κ3) is 4.16. The highest BCUT2D eigenvalue weighted by molar-refractivity contribution is 7.98. The number of carbonyl (C=O) groups excluding carboxylic acids is 1. The molecule has 0 fully saturated rings. The lowest BCUT2D eigenvalue weighted by Gasteiger charge is -2.15. The van der Waals surface area contributed by atoms with E-state index in [-0.39, 0.29) is 11.9 Å². The lowest BCUT2D eigenvalue weighted by atomic mass is 10.1. The fourth-order valence-electron chi connectivity index (χ4n) is 1.92. The van der Waals surface area contributed by atoms with Crippen molar-refractivity contribution in [3.8, 4) is 0 Å². The molecule has 1 atom stereocenters. The van der Waals surface area contributed by atoms with Gasteiger partial charge in [0.05, 0.1) is 16.6 Å². The molecule has 1 N–H and O–H groups in total. The van der Waals surface area contributed by atoms with Crippen molar-refractivity contribution in [2.24, 2.45) is 0 Å². The van der Waals surface area contributed by atoms with Crippen LogP contribution in [0.15, 0.2) is 47.4 Å². The SMILES string of the molecule is CSc1ccc([C@@H](C)NC(=O)c2ccc(Cl)cc2Cl)cc1. The summed E-state index contributed by atoms with van der Waals surface area (Å²) in [4.78, 5) is 13.4. The van der Waals surface area contributed by atoms with Crippen LogP contribution < -0.4 is 5.32 Å². The van der Waals surface area contributed by atoms with Gasteiger partial charge in [0.25, 0.3) is 5.91 Å². The Kier molecular flexibility index (Phi) is 5.57. The second-order valence-electron chi connectivity index (χ2n) is 4.59. The lowest BCUT2D eigenvalue weighted by Crippen LogP contribution is -2.26. The van der Waals surface area contributed by atoms with Crippen LogP contribution in [-0.2, 0) is 0 Å². The first-order valence-electron chi connectivity index (χ1n) is 6.41. The van der Waals surface area contributed by atoms with E-state index in [0.717, 1.165) is 5.56 Å². The first-order valence-corrected chi connectivity index (χ1v) is 8.39. The zero-order valence-electron chi connectivity index (χ0n) is 11.7. The van der Waals surface area contributed by atoms with Crippen molar-refractivity contribution in [2.45, 2.75) is 17.9 Å². The molecule has 2 nitrogen and oxygen atoms in total. The van der Waals surface area contributed by atoms with Crippen molar-refractivity contribution in [1.29, 1.82) is 0 Å². The maximum Gasteiger partial charge on any atom is 0.253 e. The van der Waals surface area contributed by atoms with E-state index in [0.29, 0.717) is 15.6 Å². The fourth-order valence-corrected chi connectivity index (χ4v) is 2.83. The van der Waals surface area contributed by atoms with Crippen molar-refractivity contribution in [1.82, 2.24) is 5.32 Å². The molecule has 0 aliphatic carbocycles. The number of thioether (sulfide) groups is 1. The predicted octanol–water partition coefficient (Wildman–Crippen LogP) is 5.21. The fraction of sp³-hybridized carbons (Fsp3) is 0.188. The maximum absolute atomic E-state index is 12.2. The normalized spacial score (nSPS) is 12.0. The summed E-state index contributed by atoms with van der Waals surface area (Å²) in [6.45, 7) is 1.94. The lowest BCUT2D eigenvalue weighted by molar-refractivity contribution is 0.0940. The maximum atomic E-state index is 12.2. The van der Waals surface area contributed by atoms with E-state index in [1.165, 1.54) is 4.90 Å². The molecule has 0 unspecified atom stereocenters. The van der Waals surface area contributed by atoms with E-state index >= 15 is 0 Å². The molecule has 1 amide bonds. The van der Waals surface area contributed by atoms with Gasteiger partial charge in [-0.15, -0.1) is 11.8 Å². The van der Waals surface area contributed by atoms with Gasteiger partial charge in [0, 0.05) is 9.92 Å². The van der Waals surface area contributed by atoms with E-state index < -0.39 is 0 Å². The van der Waals surface area contributed by atoms with Crippen LogP contribution in [0.1, 0.15) is 28.9 Å². The molecule has 21 heavy (non-hydrogen) atoms. The summed E-state index contributed by atoms with van der Waals surface area (Å²) in [5.41, 5.74) is 1.47. The van der Waals surface area contributed by atoms with E-state index in [1.807, 2.05) is 37.4 Å². The Morgan fingerprint density at radius 3 is 2.38 bits per heavy atom. The van der Waals surface area contributed by atoms with Gasteiger partial charge in [0.15, 0.2) is 0 Å². The Morgan fingerprint density at radius 1 is 1.14 bits per heavy atom. The van der Waals surface area contributed by atoms with E-state index in [2.05, 4.69) is 5.32 Å². The Hall–Kier alpha value is -1.16. The van der Waals surface area contributed by atoms with Crippen LogP contribution in [-0.4, -0.2) is 12.2 Å². The smallest absolute Gasteiger partial charge is 0.253 e. The Bertz CT molecular complexity index is 643. The molecule has 0 radical (unpaired) electrons. The van der Waals surface area contributed by atoms with Crippen molar-refractivity contribution in [3.05, 3.63) is 63.6 Å². The Morgan fingerprint density at radius 2 is 1.81 bits per heavy atom. The van der Waals surface area contributed by atoms with Crippen LogP contribution in [0.5, 0.6) is 0 Å². The number of hydrogen-bond donors (Lipinski definition) is 1. The van der Waals surface area contributed by atoms with Crippen molar-refractivity contribution >= 4 is 40.9 Å². The van der Waals surface area contributed by atoms with Crippen molar-refractivity contribution in [2.75, 3.05) is 6.26 Å². The third-order valence-electron chi connectivity index (χ3n) is 3.14. The molecular formula is C16H15Cl2NOS. The molecule has 0 saturated heterocycles. The summed E-state index contributed by atoms with van der Waals surface area (Å²) in [6.07, 6.45) is 2.03. The van der Waals surface area contributed by atoms with Gasteiger partial charge in [-0.3, -0.25) is 4.79 Å². The minimum Gasteiger partial charge on any atom is -0.345 e. The summed E-state index contributed by atoms with van der Waals surface area (Å²) < 4.78 is 0. The largest absolute Gasteiger partial charge is 0.345 e. The van der Waals surface area contributed by atoms with Gasteiger partial charge < -0.3 is 5.32 Å². The molecule has 0 aliphatic rings. The van der Waals surface area contributed by atoms with Gasteiger partial charge in [0.1, 0.15) is 0 Å². The molecule has 2 aromatic rings. The number of hydrogen-bond acceptors (Lipinski definition) is 2. The number of benzene rings is 2. The zero-order valence-corrected chi connectivity index (χ0v) is 14.0. The van der Waals surface area contributed by atoms with Gasteiger partial charge in [0.2, 0.25) is 0 Å². The summed E-state index contributed by atoms with van der Waals surface area (Å²) in [5, 5.41) is 3.80. The topological polar surface area (TPSA) is 29.1 Å². The van der Waals surface area contributed by atoms with E-state index in [1.54, 1.807) is 30.0 Å². The molecule has 0 aromatic heterocycles. The highest BCUT2D eigenvalue weighted by Crippen LogP contribution is 2.23. The molecule has 0 spiro atoms. The van der Waals surface area contributed by atoms with Gasteiger partial charge in [-0.25, -0.2) is 0 Å². The summed E-state index contributed by atoms with van der Waals surface area (Å²) >= 11 is 13.6. The number of carbonyl (C=O) groups is 1. The van der Waals surface area contributed by atoms with Crippen LogP contribution in [0.2, 0.25) is 10.0 Å². The van der Waals surface area contributed by atoms with Crippen molar-refractivity contribution < 1.29 is 4.79 Å². The summed E-state index contributed by atoms with van der Waals surface area (Å²) in [6, 6.07) is 12.9. The second kappa shape index (κ2) is 7.21. The zero-order chi connectivity index (χ0) is 15.4. The minimum atomic E-state index is -0.210. The van der Waals surface area contributed by atoms with Crippen molar-refractivity contribution in [3.63, 3.8) is 0 Å². The monoisotopic (exact) mass is 339 g/mol. The first kappa shape index (κ1) is 16.2. The highest BCUT2D eigenvalue weighted by atomic mass is 35.5. The minimum absolute atomic E-state index is 0.0971. The molecular weight excluding hydrogens is 325 g/mol. The molecule has 2 aromatic carbocycles. The van der Waals surface area contributed by atoms with Crippen LogP contribution in [0.25, 0.3) is 0 Å². The summed E-state index contributed by atoms with van der Waals surface area (Å²) in [5.74, 6) is -0.210. The molecule has 0 saturated carbocycles. The number of rotatable bonds is 4.